The number of hydrogen-bond acceptors (Lipinski definition) is 3. The Morgan fingerprint density at radius 1 is 1.19 bits per heavy atom. The highest BCUT2D eigenvalue weighted by Gasteiger charge is 2.31. The molecule has 1 aromatic carbocycles. The van der Waals surface area contributed by atoms with E-state index in [0.717, 1.165) is 24.2 Å². The molecular weight excluding hydrogens is 407 g/mol. The molecule has 1 amide bonds. The van der Waals surface area contributed by atoms with Crippen molar-refractivity contribution in [2.24, 2.45) is 5.73 Å². The molecular formula is C23H24F3N3O2. The standard InChI is InChI=1S/C23H24F3N3O2/c1-3-4-11-19-21(16-8-7-10-18(13-16)31-23(24,25)26)20(22(27)30)15(2)29(19)14-17-9-5-6-12-28-17/h5-10,12-13H,3-4,11,14H2,1-2H3,(H2,27,30). The molecule has 0 aliphatic carbocycles. The highest BCUT2D eigenvalue weighted by molar-refractivity contribution is 6.02. The average Bonchev–Trinajstić information content (AvgIpc) is 2.98. The molecule has 0 radical (unpaired) electrons. The van der Waals surface area contributed by atoms with E-state index in [9.17, 15) is 18.0 Å². The first-order valence-corrected chi connectivity index (χ1v) is 9.99. The number of hydrogen-bond donors (Lipinski definition) is 1. The second kappa shape index (κ2) is 9.24. The van der Waals surface area contributed by atoms with Crippen LogP contribution in [0.5, 0.6) is 5.75 Å². The summed E-state index contributed by atoms with van der Waals surface area (Å²) in [7, 11) is 0. The predicted molar refractivity (Wildman–Crippen MR) is 112 cm³/mol. The Balaban J connectivity index is 2.19. The molecule has 8 heteroatoms. The first-order valence-electron chi connectivity index (χ1n) is 9.99. The number of aromatic nitrogens is 2. The molecule has 2 aromatic heterocycles. The minimum atomic E-state index is -4.81. The zero-order valence-corrected chi connectivity index (χ0v) is 17.4. The first-order chi connectivity index (χ1) is 14.7. The lowest BCUT2D eigenvalue weighted by Gasteiger charge is -2.14. The molecule has 0 atom stereocenters. The van der Waals surface area contributed by atoms with E-state index in [2.05, 4.69) is 9.72 Å². The number of primary amides is 1. The third-order valence-corrected chi connectivity index (χ3v) is 5.05. The molecule has 0 bridgehead atoms. The summed E-state index contributed by atoms with van der Waals surface area (Å²) >= 11 is 0. The van der Waals surface area contributed by atoms with E-state index in [1.165, 1.54) is 18.2 Å². The number of nitrogens with two attached hydrogens (primary N) is 1. The van der Waals surface area contributed by atoms with Gasteiger partial charge in [0.15, 0.2) is 0 Å². The molecule has 3 rings (SSSR count). The van der Waals surface area contributed by atoms with Crippen LogP contribution in [0.1, 0.15) is 47.2 Å². The lowest BCUT2D eigenvalue weighted by molar-refractivity contribution is -0.274. The molecule has 0 aliphatic rings. The molecule has 0 saturated heterocycles. The zero-order valence-electron chi connectivity index (χ0n) is 17.4. The van der Waals surface area contributed by atoms with Gasteiger partial charge >= 0.3 is 6.36 Å². The van der Waals surface area contributed by atoms with Gasteiger partial charge in [-0.05, 0) is 49.6 Å². The number of nitrogens with zero attached hydrogens (tertiary/aromatic N) is 2. The van der Waals surface area contributed by atoms with Crippen molar-refractivity contribution in [1.82, 2.24) is 9.55 Å². The van der Waals surface area contributed by atoms with Crippen molar-refractivity contribution >= 4 is 5.91 Å². The molecule has 0 spiro atoms. The van der Waals surface area contributed by atoms with Gasteiger partial charge in [0.05, 0.1) is 17.8 Å². The van der Waals surface area contributed by atoms with Gasteiger partial charge in [0.25, 0.3) is 5.91 Å². The molecule has 5 nitrogen and oxygen atoms in total. The molecule has 0 fully saturated rings. The number of rotatable bonds is 8. The second-order valence-electron chi connectivity index (χ2n) is 7.23. The number of carbonyl (C=O) groups excluding carboxylic acids is 1. The zero-order chi connectivity index (χ0) is 22.6. The number of pyridine rings is 1. The fraction of sp³-hybridized carbons (Fsp3) is 0.304. The van der Waals surface area contributed by atoms with Crippen LogP contribution >= 0.6 is 0 Å². The monoisotopic (exact) mass is 431 g/mol. The smallest absolute Gasteiger partial charge is 0.406 e. The lowest BCUT2D eigenvalue weighted by atomic mass is 9.97. The maximum Gasteiger partial charge on any atom is 0.573 e. The summed E-state index contributed by atoms with van der Waals surface area (Å²) in [6.07, 6.45) is -0.728. The Bertz CT molecular complexity index is 1060. The van der Waals surface area contributed by atoms with Crippen LogP contribution in [0.15, 0.2) is 48.7 Å². The molecule has 2 N–H and O–H groups in total. The summed E-state index contributed by atoms with van der Waals surface area (Å²) in [5, 5.41) is 0. The number of unbranched alkanes of at least 4 members (excludes halogenated alkanes) is 1. The SMILES string of the molecule is CCCCc1c(-c2cccc(OC(F)(F)F)c2)c(C(N)=O)c(C)n1Cc1ccccn1. The van der Waals surface area contributed by atoms with Crippen molar-refractivity contribution < 1.29 is 22.7 Å². The van der Waals surface area contributed by atoms with Crippen LogP contribution in [-0.2, 0) is 13.0 Å². The van der Waals surface area contributed by atoms with Crippen molar-refractivity contribution in [3.63, 3.8) is 0 Å². The van der Waals surface area contributed by atoms with E-state index >= 15 is 0 Å². The number of ether oxygens (including phenoxy) is 1. The minimum absolute atomic E-state index is 0.297. The highest BCUT2D eigenvalue weighted by atomic mass is 19.4. The van der Waals surface area contributed by atoms with Crippen LogP contribution in [-0.4, -0.2) is 21.8 Å². The Hall–Kier alpha value is -3.29. The van der Waals surface area contributed by atoms with Crippen LogP contribution in [0.25, 0.3) is 11.1 Å². The maximum atomic E-state index is 12.7. The van der Waals surface area contributed by atoms with Crippen molar-refractivity contribution in [3.8, 4) is 16.9 Å². The molecule has 164 valence electrons. The fourth-order valence-corrected chi connectivity index (χ4v) is 3.73. The third kappa shape index (κ3) is 5.25. The Morgan fingerprint density at radius 3 is 2.58 bits per heavy atom. The van der Waals surface area contributed by atoms with Gasteiger partial charge in [0.1, 0.15) is 5.75 Å². The van der Waals surface area contributed by atoms with E-state index in [1.54, 1.807) is 19.2 Å². The van der Waals surface area contributed by atoms with Crippen molar-refractivity contribution in [1.29, 1.82) is 0 Å². The lowest BCUT2D eigenvalue weighted by Crippen LogP contribution is -2.17. The van der Waals surface area contributed by atoms with Crippen LogP contribution in [0.4, 0.5) is 13.2 Å². The van der Waals surface area contributed by atoms with Gasteiger partial charge in [-0.1, -0.05) is 31.5 Å². The summed E-state index contributed by atoms with van der Waals surface area (Å²) in [6, 6.07) is 11.2. The summed E-state index contributed by atoms with van der Waals surface area (Å²) in [5.41, 5.74) is 9.30. The number of benzene rings is 1. The Labute approximate surface area is 178 Å². The van der Waals surface area contributed by atoms with E-state index in [1.807, 2.05) is 29.7 Å². The van der Waals surface area contributed by atoms with Crippen LogP contribution < -0.4 is 10.5 Å². The van der Waals surface area contributed by atoms with E-state index < -0.39 is 12.3 Å². The Morgan fingerprint density at radius 2 is 1.97 bits per heavy atom. The van der Waals surface area contributed by atoms with Crippen molar-refractivity contribution in [3.05, 3.63) is 71.3 Å². The second-order valence-corrected chi connectivity index (χ2v) is 7.23. The maximum absolute atomic E-state index is 12.7. The van der Waals surface area contributed by atoms with Crippen molar-refractivity contribution in [2.45, 2.75) is 46.0 Å². The topological polar surface area (TPSA) is 70.1 Å². The average molecular weight is 431 g/mol. The van der Waals surface area contributed by atoms with E-state index in [4.69, 9.17) is 5.73 Å². The number of alkyl halides is 3. The number of carbonyl (C=O) groups is 1. The molecule has 3 aromatic rings. The minimum Gasteiger partial charge on any atom is -0.406 e. The van der Waals surface area contributed by atoms with Gasteiger partial charge in [0.2, 0.25) is 0 Å². The highest BCUT2D eigenvalue weighted by Crippen LogP contribution is 2.36. The number of amides is 1. The van der Waals surface area contributed by atoms with E-state index in [-0.39, 0.29) is 5.75 Å². The van der Waals surface area contributed by atoms with Gasteiger partial charge in [-0.25, -0.2) is 0 Å². The van der Waals surface area contributed by atoms with Gasteiger partial charge in [-0.15, -0.1) is 13.2 Å². The third-order valence-electron chi connectivity index (χ3n) is 5.05. The van der Waals surface area contributed by atoms with Gasteiger partial charge in [0, 0.05) is 23.1 Å². The van der Waals surface area contributed by atoms with Crippen molar-refractivity contribution in [2.75, 3.05) is 0 Å². The summed E-state index contributed by atoms with van der Waals surface area (Å²) in [6.45, 7) is 4.26. The molecule has 0 saturated carbocycles. The fourth-order valence-electron chi connectivity index (χ4n) is 3.73. The van der Waals surface area contributed by atoms with Crippen LogP contribution in [0.3, 0.4) is 0 Å². The summed E-state index contributed by atoms with van der Waals surface area (Å²) in [4.78, 5) is 16.8. The van der Waals surface area contributed by atoms with Gasteiger partial charge in [-0.3, -0.25) is 9.78 Å². The molecule has 2 heterocycles. The normalized spacial score (nSPS) is 11.5. The van der Waals surface area contributed by atoms with Crippen LogP contribution in [0.2, 0.25) is 0 Å². The summed E-state index contributed by atoms with van der Waals surface area (Å²) in [5.74, 6) is -0.982. The predicted octanol–water partition coefficient (Wildman–Crippen LogP) is 5.25. The van der Waals surface area contributed by atoms with Crippen LogP contribution in [0, 0.1) is 6.92 Å². The molecule has 0 unspecified atom stereocenters. The first kappa shape index (κ1) is 22.4. The van der Waals surface area contributed by atoms with Gasteiger partial charge in [-0.2, -0.15) is 0 Å². The van der Waals surface area contributed by atoms with E-state index in [0.29, 0.717) is 35.3 Å². The summed E-state index contributed by atoms with van der Waals surface area (Å²) < 4.78 is 44.3. The Kier molecular flexibility index (Phi) is 6.68. The number of halogens is 3. The largest absolute Gasteiger partial charge is 0.573 e. The quantitative estimate of drug-likeness (QED) is 0.530. The molecule has 0 aliphatic heterocycles. The van der Waals surface area contributed by atoms with Gasteiger partial charge < -0.3 is 15.0 Å². The molecule has 31 heavy (non-hydrogen) atoms.